The largest absolute Gasteiger partial charge is 0.496 e. The number of amides is 1. The van der Waals surface area contributed by atoms with Crippen LogP contribution in [-0.2, 0) is 4.79 Å². The van der Waals surface area contributed by atoms with E-state index in [0.29, 0.717) is 12.4 Å². The molecule has 25 heavy (non-hydrogen) atoms. The fourth-order valence-corrected chi connectivity index (χ4v) is 2.42. The number of nitrogens with one attached hydrogen (secondary N) is 2. The molecular formula is C18H20BrN3O3. The van der Waals surface area contributed by atoms with Crippen molar-refractivity contribution in [2.45, 2.75) is 6.92 Å². The van der Waals surface area contributed by atoms with Crippen molar-refractivity contribution in [2.24, 2.45) is 5.10 Å². The maximum atomic E-state index is 11.8. The summed E-state index contributed by atoms with van der Waals surface area (Å²) in [7, 11) is 1.58. The average molecular weight is 406 g/mol. The molecule has 2 rings (SSSR count). The van der Waals surface area contributed by atoms with Crippen molar-refractivity contribution < 1.29 is 14.3 Å². The second-order valence-corrected chi connectivity index (χ2v) is 5.91. The quantitative estimate of drug-likeness (QED) is 0.521. The normalized spacial score (nSPS) is 10.5. The Hall–Kier alpha value is -2.54. The van der Waals surface area contributed by atoms with Crippen LogP contribution in [0.25, 0.3) is 0 Å². The van der Waals surface area contributed by atoms with Crippen molar-refractivity contribution in [3.63, 3.8) is 0 Å². The van der Waals surface area contributed by atoms with Crippen LogP contribution in [0.15, 0.2) is 52.0 Å². The number of hydrogen-bond donors (Lipinski definition) is 2. The minimum atomic E-state index is -0.251. The molecular weight excluding hydrogens is 386 g/mol. The lowest BCUT2D eigenvalue weighted by atomic mass is 10.2. The highest BCUT2D eigenvalue weighted by Gasteiger charge is 2.02. The number of nitrogens with zero attached hydrogens (tertiary/aromatic N) is 1. The van der Waals surface area contributed by atoms with E-state index in [1.165, 1.54) is 0 Å². The third kappa shape index (κ3) is 6.11. The van der Waals surface area contributed by atoms with Crippen molar-refractivity contribution in [1.29, 1.82) is 0 Å². The van der Waals surface area contributed by atoms with Gasteiger partial charge in [-0.1, -0.05) is 15.9 Å². The van der Waals surface area contributed by atoms with Crippen molar-refractivity contribution in [1.82, 2.24) is 5.43 Å². The van der Waals surface area contributed by atoms with Crippen LogP contribution < -0.4 is 20.2 Å². The molecule has 0 spiro atoms. The van der Waals surface area contributed by atoms with Crippen LogP contribution >= 0.6 is 15.9 Å². The summed E-state index contributed by atoms with van der Waals surface area (Å²) in [6.07, 6.45) is 1.54. The zero-order chi connectivity index (χ0) is 18.1. The number of carbonyl (C=O) groups is 1. The van der Waals surface area contributed by atoms with Crippen LogP contribution in [-0.4, -0.2) is 32.4 Å². The topological polar surface area (TPSA) is 72.0 Å². The molecule has 1 amide bonds. The van der Waals surface area contributed by atoms with Crippen LogP contribution in [0.2, 0.25) is 0 Å². The summed E-state index contributed by atoms with van der Waals surface area (Å²) in [5.74, 6) is 1.22. The smallest absolute Gasteiger partial charge is 0.259 e. The lowest BCUT2D eigenvalue weighted by molar-refractivity contribution is -0.119. The fraction of sp³-hybridized carbons (Fsp3) is 0.222. The van der Waals surface area contributed by atoms with E-state index in [2.05, 4.69) is 31.8 Å². The highest BCUT2D eigenvalue weighted by molar-refractivity contribution is 9.10. The van der Waals surface area contributed by atoms with Gasteiger partial charge in [0.15, 0.2) is 0 Å². The molecule has 7 heteroatoms. The molecule has 0 aliphatic heterocycles. The van der Waals surface area contributed by atoms with E-state index >= 15 is 0 Å². The van der Waals surface area contributed by atoms with Gasteiger partial charge in [-0.3, -0.25) is 4.79 Å². The van der Waals surface area contributed by atoms with Crippen LogP contribution in [0.5, 0.6) is 11.5 Å². The SMILES string of the molecule is CCOc1ccc(NCC(=O)NN=Cc2cc(Br)ccc2OC)cc1. The first-order valence-corrected chi connectivity index (χ1v) is 8.54. The van der Waals surface area contributed by atoms with Crippen molar-refractivity contribution in [2.75, 3.05) is 25.6 Å². The van der Waals surface area contributed by atoms with Crippen LogP contribution in [0, 0.1) is 0 Å². The molecule has 0 aromatic heterocycles. The minimum absolute atomic E-state index is 0.112. The van der Waals surface area contributed by atoms with E-state index in [4.69, 9.17) is 9.47 Å². The van der Waals surface area contributed by atoms with E-state index < -0.39 is 0 Å². The number of hydrogen-bond acceptors (Lipinski definition) is 5. The molecule has 0 fully saturated rings. The number of rotatable bonds is 8. The van der Waals surface area contributed by atoms with Crippen molar-refractivity contribution in [3.8, 4) is 11.5 Å². The zero-order valence-corrected chi connectivity index (χ0v) is 15.7. The van der Waals surface area contributed by atoms with E-state index in [1.54, 1.807) is 13.3 Å². The van der Waals surface area contributed by atoms with Gasteiger partial charge in [0.2, 0.25) is 0 Å². The van der Waals surface area contributed by atoms with Gasteiger partial charge in [0.1, 0.15) is 11.5 Å². The lowest BCUT2D eigenvalue weighted by Crippen LogP contribution is -2.25. The van der Waals surface area contributed by atoms with E-state index in [0.717, 1.165) is 21.5 Å². The van der Waals surface area contributed by atoms with Gasteiger partial charge in [-0.2, -0.15) is 5.10 Å². The number of methoxy groups -OCH3 is 1. The molecule has 2 N–H and O–H groups in total. The highest BCUT2D eigenvalue weighted by atomic mass is 79.9. The zero-order valence-electron chi connectivity index (χ0n) is 14.1. The third-order valence-corrected chi connectivity index (χ3v) is 3.70. The molecule has 132 valence electrons. The Labute approximate surface area is 155 Å². The first-order valence-electron chi connectivity index (χ1n) is 7.74. The molecule has 0 aliphatic carbocycles. The summed E-state index contributed by atoms with van der Waals surface area (Å²) in [5, 5.41) is 6.98. The average Bonchev–Trinajstić information content (AvgIpc) is 2.61. The van der Waals surface area contributed by atoms with Gasteiger partial charge in [-0.15, -0.1) is 0 Å². The molecule has 0 atom stereocenters. The summed E-state index contributed by atoms with van der Waals surface area (Å²) >= 11 is 3.39. The van der Waals surface area contributed by atoms with Crippen LogP contribution in [0.4, 0.5) is 5.69 Å². The molecule has 0 unspecified atom stereocenters. The predicted octanol–water partition coefficient (Wildman–Crippen LogP) is 3.42. The van der Waals surface area contributed by atoms with Crippen LogP contribution in [0.1, 0.15) is 12.5 Å². The molecule has 0 aliphatic rings. The molecule has 2 aromatic carbocycles. The second kappa shape index (κ2) is 9.68. The Morgan fingerprint density at radius 3 is 2.68 bits per heavy atom. The van der Waals surface area contributed by atoms with Crippen molar-refractivity contribution >= 4 is 33.7 Å². The van der Waals surface area contributed by atoms with Gasteiger partial charge >= 0.3 is 0 Å². The van der Waals surface area contributed by atoms with Gasteiger partial charge in [0, 0.05) is 15.7 Å². The molecule has 0 radical (unpaired) electrons. The number of hydrazone groups is 1. The first kappa shape index (κ1) is 18.8. The molecule has 0 saturated heterocycles. The molecule has 2 aromatic rings. The second-order valence-electron chi connectivity index (χ2n) is 4.99. The number of halogens is 1. The number of anilines is 1. The maximum absolute atomic E-state index is 11.8. The summed E-state index contributed by atoms with van der Waals surface area (Å²) in [4.78, 5) is 11.8. The van der Waals surface area contributed by atoms with Gasteiger partial charge < -0.3 is 14.8 Å². The molecule has 0 bridgehead atoms. The van der Waals surface area contributed by atoms with Crippen LogP contribution in [0.3, 0.4) is 0 Å². The minimum Gasteiger partial charge on any atom is -0.496 e. The van der Waals surface area contributed by atoms with Gasteiger partial charge in [0.05, 0.1) is 26.5 Å². The Kier molecular flexibility index (Phi) is 7.28. The number of ether oxygens (including phenoxy) is 2. The Balaban J connectivity index is 1.83. The van der Waals surface area contributed by atoms with E-state index in [9.17, 15) is 4.79 Å². The van der Waals surface area contributed by atoms with Crippen molar-refractivity contribution in [3.05, 3.63) is 52.5 Å². The summed E-state index contributed by atoms with van der Waals surface area (Å²) in [5.41, 5.74) is 4.07. The fourth-order valence-electron chi connectivity index (χ4n) is 2.04. The first-order chi connectivity index (χ1) is 12.1. The Morgan fingerprint density at radius 2 is 2.00 bits per heavy atom. The maximum Gasteiger partial charge on any atom is 0.259 e. The summed E-state index contributed by atoms with van der Waals surface area (Å²) < 4.78 is 11.5. The standard InChI is InChI=1S/C18H20BrN3O3/c1-3-25-16-7-5-15(6-8-16)20-12-18(23)22-21-11-13-10-14(19)4-9-17(13)24-2/h4-11,20H,3,12H2,1-2H3,(H,22,23). The van der Waals surface area contributed by atoms with Gasteiger partial charge in [-0.25, -0.2) is 5.43 Å². The molecule has 0 saturated carbocycles. The number of carbonyl (C=O) groups excluding carboxylic acids is 1. The monoisotopic (exact) mass is 405 g/mol. The van der Waals surface area contributed by atoms with Gasteiger partial charge in [0.25, 0.3) is 5.91 Å². The molecule has 0 heterocycles. The summed E-state index contributed by atoms with van der Waals surface area (Å²) in [6.45, 7) is 2.66. The van der Waals surface area contributed by atoms with E-state index in [1.807, 2.05) is 49.4 Å². The third-order valence-electron chi connectivity index (χ3n) is 3.20. The summed E-state index contributed by atoms with van der Waals surface area (Å²) in [6, 6.07) is 13.0. The predicted molar refractivity (Wildman–Crippen MR) is 103 cm³/mol. The molecule has 6 nitrogen and oxygen atoms in total. The van der Waals surface area contributed by atoms with Gasteiger partial charge in [-0.05, 0) is 49.4 Å². The Bertz CT molecular complexity index is 733. The lowest BCUT2D eigenvalue weighted by Gasteiger charge is -2.07. The Morgan fingerprint density at radius 1 is 1.24 bits per heavy atom. The van der Waals surface area contributed by atoms with E-state index in [-0.39, 0.29) is 12.5 Å². The number of benzene rings is 2. The highest BCUT2D eigenvalue weighted by Crippen LogP contribution is 2.21.